The fourth-order valence-electron chi connectivity index (χ4n) is 4.34. The molecule has 0 aliphatic heterocycles. The average Bonchev–Trinajstić information content (AvgIpc) is 3.03. The van der Waals surface area contributed by atoms with Gasteiger partial charge in [-0.2, -0.15) is 0 Å². The van der Waals surface area contributed by atoms with Crippen LogP contribution in [0.4, 0.5) is 0 Å². The molecule has 1 N–H and O–H groups in total. The second-order valence-electron chi connectivity index (χ2n) is 9.29. The molecule has 0 spiro atoms. The molecule has 0 bridgehead atoms. The molecule has 0 saturated heterocycles. The predicted octanol–water partition coefficient (Wildman–Crippen LogP) is 3.38. The molecule has 0 radical (unpaired) electrons. The molecule has 1 aliphatic carbocycles. The Hall–Kier alpha value is -2.64. The number of unbranched alkanes of at least 4 members (excludes halogenated alkanes) is 1. The number of nitrogens with zero attached hydrogens (tertiary/aromatic N) is 3. The molecule has 8 nitrogen and oxygen atoms in total. The lowest BCUT2D eigenvalue weighted by atomic mass is 10.1. The van der Waals surface area contributed by atoms with Crippen molar-refractivity contribution < 1.29 is 9.53 Å². The summed E-state index contributed by atoms with van der Waals surface area (Å²) in [4.78, 5) is 44.7. The summed E-state index contributed by atoms with van der Waals surface area (Å²) < 4.78 is 8.94. The van der Waals surface area contributed by atoms with Crippen LogP contribution in [0.25, 0.3) is 11.2 Å². The quantitative estimate of drug-likeness (QED) is 0.486. The monoisotopic (exact) mass is 430 g/mol. The van der Waals surface area contributed by atoms with E-state index in [9.17, 15) is 14.4 Å². The molecule has 1 aliphatic rings. The van der Waals surface area contributed by atoms with Crippen molar-refractivity contribution in [3.8, 4) is 0 Å². The summed E-state index contributed by atoms with van der Waals surface area (Å²) in [6, 6.07) is 0. The van der Waals surface area contributed by atoms with Gasteiger partial charge in [0.15, 0.2) is 11.2 Å². The summed E-state index contributed by atoms with van der Waals surface area (Å²) in [5.41, 5.74) is 0.851. The van der Waals surface area contributed by atoms with Gasteiger partial charge < -0.3 is 9.30 Å². The van der Waals surface area contributed by atoms with E-state index in [2.05, 4.69) is 29.9 Å². The topological polar surface area (TPSA) is 99.0 Å². The summed E-state index contributed by atoms with van der Waals surface area (Å²) in [7, 11) is 0. The normalized spacial score (nSPS) is 19.4. The van der Waals surface area contributed by atoms with E-state index in [1.807, 2.05) is 27.7 Å². The first-order valence-corrected chi connectivity index (χ1v) is 11.2. The van der Waals surface area contributed by atoms with Gasteiger partial charge in [0.25, 0.3) is 5.56 Å². The molecule has 8 heteroatoms. The second kappa shape index (κ2) is 8.85. The number of hydrogen-bond donors (Lipinski definition) is 1. The molecule has 170 valence electrons. The number of rotatable bonds is 9. The number of carbonyl (C=O) groups excluding carboxylic acids is 1. The fraction of sp³-hybridized carbons (Fsp3) is 0.652. The summed E-state index contributed by atoms with van der Waals surface area (Å²) in [6.45, 7) is 13.2. The van der Waals surface area contributed by atoms with Gasteiger partial charge in [0, 0.05) is 13.1 Å². The molecule has 0 amide bonds. The van der Waals surface area contributed by atoms with E-state index in [0.29, 0.717) is 30.1 Å². The van der Waals surface area contributed by atoms with E-state index >= 15 is 0 Å². The zero-order chi connectivity index (χ0) is 22.9. The Morgan fingerprint density at radius 1 is 1.16 bits per heavy atom. The third-order valence-electron chi connectivity index (χ3n) is 6.17. The molecule has 2 aromatic heterocycles. The van der Waals surface area contributed by atoms with Gasteiger partial charge in [0.2, 0.25) is 0 Å². The summed E-state index contributed by atoms with van der Waals surface area (Å²) >= 11 is 0. The maximum absolute atomic E-state index is 12.8. The van der Waals surface area contributed by atoms with Gasteiger partial charge in [0.1, 0.15) is 12.4 Å². The van der Waals surface area contributed by atoms with Gasteiger partial charge in [-0.1, -0.05) is 45.8 Å². The minimum atomic E-state index is -0.460. The molecule has 31 heavy (non-hydrogen) atoms. The highest BCUT2D eigenvalue weighted by atomic mass is 16.5. The molecule has 2 unspecified atom stereocenters. The first-order valence-electron chi connectivity index (χ1n) is 11.2. The van der Waals surface area contributed by atoms with Crippen LogP contribution < -0.4 is 11.2 Å². The van der Waals surface area contributed by atoms with Gasteiger partial charge in [-0.25, -0.2) is 9.78 Å². The van der Waals surface area contributed by atoms with Crippen LogP contribution in [0.2, 0.25) is 0 Å². The van der Waals surface area contributed by atoms with Crippen LogP contribution in [0.3, 0.4) is 0 Å². The minimum absolute atomic E-state index is 0.0248. The van der Waals surface area contributed by atoms with Crippen molar-refractivity contribution in [2.45, 2.75) is 80.5 Å². The third-order valence-corrected chi connectivity index (χ3v) is 6.17. The van der Waals surface area contributed by atoms with Gasteiger partial charge in [0.05, 0.1) is 5.92 Å². The van der Waals surface area contributed by atoms with Gasteiger partial charge in [-0.3, -0.25) is 19.1 Å². The van der Waals surface area contributed by atoms with Gasteiger partial charge in [-0.05, 0) is 38.0 Å². The van der Waals surface area contributed by atoms with E-state index in [0.717, 1.165) is 19.3 Å². The number of H-pyrrole nitrogens is 1. The average molecular weight is 431 g/mol. The van der Waals surface area contributed by atoms with Crippen molar-refractivity contribution in [2.24, 2.45) is 17.3 Å². The number of esters is 1. The maximum Gasteiger partial charge on any atom is 0.330 e. The molecular weight excluding hydrogens is 396 g/mol. The van der Waals surface area contributed by atoms with Crippen LogP contribution in [-0.4, -0.2) is 25.1 Å². The van der Waals surface area contributed by atoms with E-state index < -0.39 is 11.2 Å². The number of carbonyl (C=O) groups is 1. The first kappa shape index (κ1) is 23.0. The van der Waals surface area contributed by atoms with Crippen molar-refractivity contribution in [2.75, 3.05) is 0 Å². The smallest absolute Gasteiger partial charge is 0.330 e. The molecule has 2 heterocycles. The number of aromatic nitrogens is 4. The number of aryl methyl sites for hydroxylation is 2. The Bertz CT molecular complexity index is 1120. The number of imidazole rings is 1. The van der Waals surface area contributed by atoms with Crippen molar-refractivity contribution >= 4 is 17.1 Å². The number of hydrogen-bond acceptors (Lipinski definition) is 5. The van der Waals surface area contributed by atoms with Crippen LogP contribution in [0.1, 0.15) is 66.6 Å². The van der Waals surface area contributed by atoms with Crippen LogP contribution in [0, 0.1) is 17.3 Å². The Morgan fingerprint density at radius 3 is 2.48 bits per heavy atom. The number of fused-ring (bicyclic) bond motifs is 1. The lowest BCUT2D eigenvalue weighted by Gasteiger charge is -2.09. The van der Waals surface area contributed by atoms with E-state index in [1.54, 1.807) is 4.57 Å². The molecule has 2 aromatic rings. The molecule has 1 fully saturated rings. The Kier molecular flexibility index (Phi) is 6.57. The molecule has 0 aromatic carbocycles. The maximum atomic E-state index is 12.8. The molecule has 1 saturated carbocycles. The molecular formula is C23H34N4O4. The Morgan fingerprint density at radius 2 is 1.87 bits per heavy atom. The van der Waals surface area contributed by atoms with Crippen LogP contribution >= 0.6 is 0 Å². The number of allylic oxidation sites excluding steroid dienone is 2. The van der Waals surface area contributed by atoms with Crippen molar-refractivity contribution in [1.29, 1.82) is 0 Å². The minimum Gasteiger partial charge on any atom is -0.457 e. The van der Waals surface area contributed by atoms with Gasteiger partial charge >= 0.3 is 11.7 Å². The molecule has 2 atom stereocenters. The highest BCUT2D eigenvalue weighted by molar-refractivity contribution is 5.78. The number of ether oxygens (including phenoxy) is 1. The highest BCUT2D eigenvalue weighted by Gasteiger charge is 2.61. The lowest BCUT2D eigenvalue weighted by molar-refractivity contribution is -0.147. The Balaban J connectivity index is 1.92. The van der Waals surface area contributed by atoms with Crippen molar-refractivity contribution in [1.82, 2.24) is 19.1 Å². The Labute approximate surface area is 182 Å². The summed E-state index contributed by atoms with van der Waals surface area (Å²) in [6.07, 6.45) is 4.62. The van der Waals surface area contributed by atoms with Gasteiger partial charge in [-0.15, -0.1) is 0 Å². The van der Waals surface area contributed by atoms with Crippen LogP contribution in [0.15, 0.2) is 21.2 Å². The van der Waals surface area contributed by atoms with Crippen LogP contribution in [0.5, 0.6) is 0 Å². The standard InChI is InChI=1S/C23H34N4O4/c1-7-9-11-27-19-18(20(28)25-22(27)30)26(10-8-2)16(24-19)13-31-21(29)17-15(12-14(3)4)23(17,5)6/h12,15,17H,7-11,13H2,1-6H3,(H,25,28,30). The van der Waals surface area contributed by atoms with E-state index in [-0.39, 0.29) is 29.8 Å². The number of aromatic amines is 1. The predicted molar refractivity (Wildman–Crippen MR) is 120 cm³/mol. The second-order valence-corrected chi connectivity index (χ2v) is 9.29. The van der Waals surface area contributed by atoms with Crippen LogP contribution in [-0.2, 0) is 29.2 Å². The molecule has 3 rings (SSSR count). The zero-order valence-electron chi connectivity index (χ0n) is 19.4. The third kappa shape index (κ3) is 4.38. The number of nitrogens with one attached hydrogen (secondary N) is 1. The summed E-state index contributed by atoms with van der Waals surface area (Å²) in [5.74, 6) is 0.225. The highest BCUT2D eigenvalue weighted by Crippen LogP contribution is 2.59. The van der Waals surface area contributed by atoms with E-state index in [4.69, 9.17) is 4.74 Å². The van der Waals surface area contributed by atoms with Crippen molar-refractivity contribution in [3.05, 3.63) is 38.3 Å². The largest absolute Gasteiger partial charge is 0.457 e. The fourth-order valence-corrected chi connectivity index (χ4v) is 4.34. The lowest BCUT2D eigenvalue weighted by Crippen LogP contribution is -2.31. The zero-order valence-corrected chi connectivity index (χ0v) is 19.4. The first-order chi connectivity index (χ1) is 14.6. The van der Waals surface area contributed by atoms with Crippen molar-refractivity contribution in [3.63, 3.8) is 0 Å². The summed E-state index contributed by atoms with van der Waals surface area (Å²) in [5, 5.41) is 0. The SMILES string of the molecule is CCCCn1c(=O)[nH]c(=O)c2c1nc(COC(=O)C1C(C=C(C)C)C1(C)C)n2CCC. The van der Waals surface area contributed by atoms with E-state index in [1.165, 1.54) is 10.1 Å².